The third-order valence-electron chi connectivity index (χ3n) is 4.60. The molecule has 32 heavy (non-hydrogen) atoms. The SMILES string of the molecule is COc1c(Cl)cc(C(=O)c2cc(Cl)c(OC)c(C(=O)N(C)OC)c2)cc1C(=O)N(C)OC. The molecule has 2 amide bonds. The molecule has 0 saturated heterocycles. The highest BCUT2D eigenvalue weighted by Gasteiger charge is 2.26. The largest absolute Gasteiger partial charge is 0.494 e. The molecule has 0 spiro atoms. The second-order valence-electron chi connectivity index (χ2n) is 6.38. The van der Waals surface area contributed by atoms with Crippen LogP contribution in [0, 0.1) is 0 Å². The van der Waals surface area contributed by atoms with Crippen molar-refractivity contribution in [2.45, 2.75) is 0 Å². The van der Waals surface area contributed by atoms with E-state index in [2.05, 4.69) is 0 Å². The molecule has 0 unspecified atom stereocenters. The van der Waals surface area contributed by atoms with Crippen molar-refractivity contribution in [3.05, 3.63) is 56.6 Å². The molecule has 0 atom stereocenters. The first-order chi connectivity index (χ1) is 15.1. The summed E-state index contributed by atoms with van der Waals surface area (Å²) in [6, 6.07) is 5.36. The van der Waals surface area contributed by atoms with E-state index >= 15 is 0 Å². The van der Waals surface area contributed by atoms with Crippen LogP contribution in [0.3, 0.4) is 0 Å². The van der Waals surface area contributed by atoms with Gasteiger partial charge >= 0.3 is 0 Å². The van der Waals surface area contributed by atoms with Crippen LogP contribution in [0.2, 0.25) is 10.0 Å². The predicted octanol–water partition coefficient (Wildman–Crippen LogP) is 3.51. The van der Waals surface area contributed by atoms with Gasteiger partial charge < -0.3 is 9.47 Å². The summed E-state index contributed by atoms with van der Waals surface area (Å²) in [7, 11) is 8.13. The molecule has 0 aliphatic carbocycles. The summed E-state index contributed by atoms with van der Waals surface area (Å²) >= 11 is 12.5. The third kappa shape index (κ3) is 4.97. The minimum Gasteiger partial charge on any atom is -0.494 e. The van der Waals surface area contributed by atoms with Crippen LogP contribution >= 0.6 is 23.2 Å². The molecule has 0 aliphatic rings. The quantitative estimate of drug-likeness (QED) is 0.417. The van der Waals surface area contributed by atoms with E-state index in [0.717, 1.165) is 10.1 Å². The van der Waals surface area contributed by atoms with Crippen LogP contribution in [-0.4, -0.2) is 70.3 Å². The van der Waals surface area contributed by atoms with Crippen molar-refractivity contribution in [1.82, 2.24) is 10.1 Å². The van der Waals surface area contributed by atoms with Gasteiger partial charge in [0.2, 0.25) is 0 Å². The minimum atomic E-state index is -0.578. The van der Waals surface area contributed by atoms with Crippen LogP contribution < -0.4 is 9.47 Å². The molecule has 2 rings (SSSR count). The Bertz CT molecular complexity index is 977. The fourth-order valence-electron chi connectivity index (χ4n) is 2.85. The Balaban J connectivity index is 2.65. The van der Waals surface area contributed by atoms with E-state index in [1.165, 1.54) is 66.8 Å². The maximum atomic E-state index is 13.3. The lowest BCUT2D eigenvalue weighted by atomic mass is 9.98. The summed E-state index contributed by atoms with van der Waals surface area (Å²) in [6.45, 7) is 0. The molecule has 0 heterocycles. The molecule has 0 saturated carbocycles. The van der Waals surface area contributed by atoms with Crippen molar-refractivity contribution in [3.8, 4) is 11.5 Å². The summed E-state index contributed by atoms with van der Waals surface area (Å²) in [5, 5.41) is 2.01. The van der Waals surface area contributed by atoms with E-state index in [-0.39, 0.29) is 43.8 Å². The Kier molecular flexibility index (Phi) is 8.45. The number of rotatable bonds is 8. The molecular weight excluding hydrogens is 463 g/mol. The highest BCUT2D eigenvalue weighted by atomic mass is 35.5. The number of ketones is 1. The number of ether oxygens (including phenoxy) is 2. The summed E-state index contributed by atoms with van der Waals surface area (Å²) < 4.78 is 10.4. The number of amides is 2. The molecule has 0 aromatic heterocycles. The van der Waals surface area contributed by atoms with Gasteiger partial charge in [-0.2, -0.15) is 0 Å². The van der Waals surface area contributed by atoms with Crippen molar-refractivity contribution >= 4 is 40.8 Å². The van der Waals surface area contributed by atoms with Gasteiger partial charge in [0.15, 0.2) is 5.78 Å². The average molecular weight is 485 g/mol. The van der Waals surface area contributed by atoms with E-state index in [1.54, 1.807) is 0 Å². The number of hydrogen-bond donors (Lipinski definition) is 0. The normalized spacial score (nSPS) is 10.5. The predicted molar refractivity (Wildman–Crippen MR) is 118 cm³/mol. The van der Waals surface area contributed by atoms with E-state index in [0.29, 0.717) is 0 Å². The zero-order chi connectivity index (χ0) is 24.2. The smallest absolute Gasteiger partial charge is 0.280 e. The van der Waals surface area contributed by atoms with Crippen molar-refractivity contribution in [2.24, 2.45) is 0 Å². The standard InChI is InChI=1S/C21H22Cl2N2O7/c1-24(31-5)20(27)13-7-11(9-15(22)18(13)29-3)17(26)12-8-14(21(28)25(2)32-6)19(30-4)16(23)10-12/h7-10H,1-6H3. The topological polar surface area (TPSA) is 94.6 Å². The van der Waals surface area contributed by atoms with Gasteiger partial charge in [0.05, 0.1) is 49.6 Å². The van der Waals surface area contributed by atoms with Crippen LogP contribution in [0.15, 0.2) is 24.3 Å². The molecule has 0 aliphatic heterocycles. The lowest BCUT2D eigenvalue weighted by Crippen LogP contribution is -2.26. The third-order valence-corrected chi connectivity index (χ3v) is 5.16. The second-order valence-corrected chi connectivity index (χ2v) is 7.19. The highest BCUT2D eigenvalue weighted by molar-refractivity contribution is 6.34. The highest BCUT2D eigenvalue weighted by Crippen LogP contribution is 2.35. The van der Waals surface area contributed by atoms with Gasteiger partial charge in [-0.3, -0.25) is 24.1 Å². The number of carbonyl (C=O) groups is 3. The Morgan fingerprint density at radius 1 is 0.688 bits per heavy atom. The first kappa shape index (κ1) is 25.4. The summed E-state index contributed by atoms with van der Waals surface area (Å²) in [6.07, 6.45) is 0. The monoisotopic (exact) mass is 484 g/mol. The molecule has 0 radical (unpaired) electrons. The summed E-state index contributed by atoms with van der Waals surface area (Å²) in [4.78, 5) is 48.4. The number of hydroxylamine groups is 4. The molecule has 9 nitrogen and oxygen atoms in total. The fourth-order valence-corrected chi connectivity index (χ4v) is 3.45. The average Bonchev–Trinajstić information content (AvgIpc) is 2.80. The first-order valence-electron chi connectivity index (χ1n) is 9.05. The Morgan fingerprint density at radius 3 is 1.31 bits per heavy atom. The number of hydrogen-bond acceptors (Lipinski definition) is 7. The van der Waals surface area contributed by atoms with Gasteiger partial charge in [-0.15, -0.1) is 0 Å². The fraction of sp³-hybridized carbons (Fsp3) is 0.286. The van der Waals surface area contributed by atoms with Crippen molar-refractivity contribution in [3.63, 3.8) is 0 Å². The van der Waals surface area contributed by atoms with Crippen LogP contribution in [0.25, 0.3) is 0 Å². The molecule has 11 heteroatoms. The van der Waals surface area contributed by atoms with E-state index in [1.807, 2.05) is 0 Å². The number of nitrogens with zero attached hydrogens (tertiary/aromatic N) is 2. The molecule has 2 aromatic carbocycles. The van der Waals surface area contributed by atoms with Gasteiger partial charge in [-0.1, -0.05) is 23.2 Å². The second kappa shape index (κ2) is 10.6. The molecule has 0 bridgehead atoms. The number of methoxy groups -OCH3 is 2. The number of benzene rings is 2. The van der Waals surface area contributed by atoms with Crippen LogP contribution in [-0.2, 0) is 9.68 Å². The van der Waals surface area contributed by atoms with Crippen LogP contribution in [0.4, 0.5) is 0 Å². The molecular formula is C21H22Cl2N2O7. The lowest BCUT2D eigenvalue weighted by Gasteiger charge is -2.18. The van der Waals surface area contributed by atoms with Crippen molar-refractivity contribution in [1.29, 1.82) is 0 Å². The van der Waals surface area contributed by atoms with Crippen molar-refractivity contribution in [2.75, 3.05) is 42.5 Å². The molecule has 0 N–H and O–H groups in total. The number of halogens is 2. The van der Waals surface area contributed by atoms with Crippen LogP contribution in [0.5, 0.6) is 11.5 Å². The Morgan fingerprint density at radius 2 is 1.03 bits per heavy atom. The van der Waals surface area contributed by atoms with Gasteiger partial charge in [0.25, 0.3) is 11.8 Å². The van der Waals surface area contributed by atoms with Gasteiger partial charge in [-0.25, -0.2) is 10.1 Å². The zero-order valence-corrected chi connectivity index (χ0v) is 19.8. The molecule has 172 valence electrons. The van der Waals surface area contributed by atoms with E-state index in [9.17, 15) is 14.4 Å². The van der Waals surface area contributed by atoms with Gasteiger partial charge in [0.1, 0.15) is 11.5 Å². The molecule has 2 aromatic rings. The van der Waals surface area contributed by atoms with E-state index < -0.39 is 17.6 Å². The minimum absolute atomic E-state index is 0.0164. The number of carbonyl (C=O) groups excluding carboxylic acids is 3. The van der Waals surface area contributed by atoms with Crippen molar-refractivity contribution < 1.29 is 33.5 Å². The Hall–Kier alpha value is -2.85. The first-order valence-corrected chi connectivity index (χ1v) is 9.80. The summed E-state index contributed by atoms with van der Waals surface area (Å²) in [5.41, 5.74) is 0.178. The maximum Gasteiger partial charge on any atom is 0.280 e. The maximum absolute atomic E-state index is 13.3. The van der Waals surface area contributed by atoms with Crippen LogP contribution in [0.1, 0.15) is 36.6 Å². The molecule has 0 fully saturated rings. The summed E-state index contributed by atoms with van der Waals surface area (Å²) in [5.74, 6) is -1.52. The Labute approximate surface area is 195 Å². The van der Waals surface area contributed by atoms with E-state index in [4.69, 9.17) is 42.4 Å². The van der Waals surface area contributed by atoms with Gasteiger partial charge in [0, 0.05) is 25.2 Å². The lowest BCUT2D eigenvalue weighted by molar-refractivity contribution is -0.0758. The zero-order valence-electron chi connectivity index (χ0n) is 18.3. The van der Waals surface area contributed by atoms with Gasteiger partial charge in [-0.05, 0) is 24.3 Å².